The Hall–Kier alpha value is -1.82. The molecule has 0 aliphatic rings. The quantitative estimate of drug-likeness (QED) is 0.589. The highest BCUT2D eigenvalue weighted by atomic mass is 16.6. The van der Waals surface area contributed by atoms with Crippen molar-refractivity contribution in [2.75, 3.05) is 18.1 Å². The molecule has 6 nitrogen and oxygen atoms in total. The van der Waals surface area contributed by atoms with Gasteiger partial charge < -0.3 is 14.7 Å². The van der Waals surface area contributed by atoms with E-state index in [-0.39, 0.29) is 30.2 Å². The molecular formula is C15H24N2O4. The summed E-state index contributed by atoms with van der Waals surface area (Å²) in [6.07, 6.45) is 0.425. The highest BCUT2D eigenvalue weighted by Gasteiger charge is 2.26. The summed E-state index contributed by atoms with van der Waals surface area (Å²) in [4.78, 5) is 13.0. The van der Waals surface area contributed by atoms with Crippen molar-refractivity contribution in [3.05, 3.63) is 28.3 Å². The lowest BCUT2D eigenvalue weighted by Crippen LogP contribution is -2.32. The third-order valence-electron chi connectivity index (χ3n) is 3.01. The van der Waals surface area contributed by atoms with Gasteiger partial charge in [0, 0.05) is 19.2 Å². The summed E-state index contributed by atoms with van der Waals surface area (Å²) >= 11 is 0. The van der Waals surface area contributed by atoms with E-state index in [0.717, 1.165) is 0 Å². The standard InChI is InChI=1S/C15H24N2O4/c1-11(2)16(9-6-10-18)13-7-5-8-14(21-12(3)4)15(13)17(19)20/h5,7-8,11-12,18H,6,9-10H2,1-4H3. The molecule has 118 valence electrons. The highest BCUT2D eigenvalue weighted by molar-refractivity contribution is 5.70. The number of nitro benzene ring substituents is 1. The second-order valence-corrected chi connectivity index (χ2v) is 5.41. The van der Waals surface area contributed by atoms with Crippen molar-refractivity contribution in [1.82, 2.24) is 0 Å². The molecule has 0 saturated carbocycles. The lowest BCUT2D eigenvalue weighted by atomic mass is 10.1. The second-order valence-electron chi connectivity index (χ2n) is 5.41. The average molecular weight is 296 g/mol. The van der Waals surface area contributed by atoms with Crippen molar-refractivity contribution in [2.45, 2.75) is 46.3 Å². The van der Waals surface area contributed by atoms with Crippen LogP contribution in [-0.4, -0.2) is 35.3 Å². The molecule has 0 radical (unpaired) electrons. The fourth-order valence-electron chi connectivity index (χ4n) is 2.17. The average Bonchev–Trinajstić information content (AvgIpc) is 2.37. The van der Waals surface area contributed by atoms with E-state index in [1.807, 2.05) is 32.6 Å². The van der Waals surface area contributed by atoms with Crippen molar-refractivity contribution in [2.24, 2.45) is 0 Å². The van der Waals surface area contributed by atoms with E-state index in [4.69, 9.17) is 9.84 Å². The predicted molar refractivity (Wildman–Crippen MR) is 83.0 cm³/mol. The van der Waals surface area contributed by atoms with E-state index < -0.39 is 4.92 Å². The van der Waals surface area contributed by atoms with E-state index in [2.05, 4.69) is 0 Å². The first-order chi connectivity index (χ1) is 9.88. The number of ether oxygens (including phenoxy) is 1. The molecule has 0 spiro atoms. The minimum Gasteiger partial charge on any atom is -0.484 e. The van der Waals surface area contributed by atoms with Crippen LogP contribution in [0.15, 0.2) is 18.2 Å². The molecule has 0 unspecified atom stereocenters. The minimum atomic E-state index is -0.401. The summed E-state index contributed by atoms with van der Waals surface area (Å²) in [6, 6.07) is 5.19. The zero-order valence-corrected chi connectivity index (χ0v) is 13.1. The van der Waals surface area contributed by atoms with Gasteiger partial charge in [-0.3, -0.25) is 10.1 Å². The van der Waals surface area contributed by atoms with E-state index in [0.29, 0.717) is 18.7 Å². The van der Waals surface area contributed by atoms with Gasteiger partial charge in [0.1, 0.15) is 5.69 Å². The third-order valence-corrected chi connectivity index (χ3v) is 3.01. The molecule has 1 rings (SSSR count). The number of aliphatic hydroxyl groups is 1. The largest absolute Gasteiger partial charge is 0.484 e. The van der Waals surface area contributed by atoms with Gasteiger partial charge >= 0.3 is 5.69 Å². The van der Waals surface area contributed by atoms with Gasteiger partial charge in [0.05, 0.1) is 11.0 Å². The molecule has 1 aromatic carbocycles. The van der Waals surface area contributed by atoms with Crippen LogP contribution < -0.4 is 9.64 Å². The van der Waals surface area contributed by atoms with Crippen molar-refractivity contribution in [3.8, 4) is 5.75 Å². The molecule has 0 aliphatic heterocycles. The van der Waals surface area contributed by atoms with Gasteiger partial charge in [-0.05, 0) is 46.2 Å². The Labute approximate surface area is 125 Å². The first kappa shape index (κ1) is 17.2. The molecule has 0 aliphatic carbocycles. The molecule has 0 aromatic heterocycles. The Morgan fingerprint density at radius 3 is 2.48 bits per heavy atom. The van der Waals surface area contributed by atoms with E-state index in [1.165, 1.54) is 0 Å². The van der Waals surface area contributed by atoms with Crippen molar-refractivity contribution < 1.29 is 14.8 Å². The number of rotatable bonds is 8. The van der Waals surface area contributed by atoms with Crippen LogP contribution in [0.25, 0.3) is 0 Å². The van der Waals surface area contributed by atoms with Crippen molar-refractivity contribution in [1.29, 1.82) is 0 Å². The number of para-hydroxylation sites is 1. The van der Waals surface area contributed by atoms with Crippen molar-refractivity contribution >= 4 is 11.4 Å². The molecule has 0 atom stereocenters. The molecule has 6 heteroatoms. The molecule has 0 heterocycles. The molecule has 1 N–H and O–H groups in total. The Kier molecular flexibility index (Phi) is 6.42. The normalized spacial score (nSPS) is 11.0. The molecular weight excluding hydrogens is 272 g/mol. The molecule has 0 amide bonds. The Morgan fingerprint density at radius 1 is 1.33 bits per heavy atom. The SMILES string of the molecule is CC(C)Oc1cccc(N(CCCO)C(C)C)c1[N+](=O)[O-]. The lowest BCUT2D eigenvalue weighted by molar-refractivity contribution is -0.385. The highest BCUT2D eigenvalue weighted by Crippen LogP contribution is 2.38. The molecule has 1 aromatic rings. The maximum absolute atomic E-state index is 11.5. The first-order valence-electron chi connectivity index (χ1n) is 7.20. The molecule has 0 fully saturated rings. The van der Waals surface area contributed by atoms with Crippen LogP contribution in [0.5, 0.6) is 5.75 Å². The summed E-state index contributed by atoms with van der Waals surface area (Å²) in [7, 11) is 0. The molecule has 21 heavy (non-hydrogen) atoms. The third kappa shape index (κ3) is 4.60. The van der Waals surface area contributed by atoms with E-state index in [9.17, 15) is 10.1 Å². The van der Waals surface area contributed by atoms with E-state index in [1.54, 1.807) is 18.2 Å². The summed E-state index contributed by atoms with van der Waals surface area (Å²) < 4.78 is 5.56. The first-order valence-corrected chi connectivity index (χ1v) is 7.20. The zero-order chi connectivity index (χ0) is 16.0. The van der Waals surface area contributed by atoms with Crippen molar-refractivity contribution in [3.63, 3.8) is 0 Å². The van der Waals surface area contributed by atoms with Crippen LogP contribution in [0, 0.1) is 10.1 Å². The summed E-state index contributed by atoms with van der Waals surface area (Å²) in [6.45, 7) is 8.22. The van der Waals surface area contributed by atoms with Gasteiger partial charge in [-0.1, -0.05) is 6.07 Å². The summed E-state index contributed by atoms with van der Waals surface area (Å²) in [5.41, 5.74) is 0.513. The number of aliphatic hydroxyl groups excluding tert-OH is 1. The molecule has 0 bridgehead atoms. The van der Waals surface area contributed by atoms with Crippen LogP contribution in [0.1, 0.15) is 34.1 Å². The summed E-state index contributed by atoms with van der Waals surface area (Å²) in [5, 5.41) is 20.5. The Balaban J connectivity index is 3.28. The van der Waals surface area contributed by atoms with Crippen LogP contribution in [0.2, 0.25) is 0 Å². The van der Waals surface area contributed by atoms with Gasteiger partial charge in [-0.2, -0.15) is 0 Å². The van der Waals surface area contributed by atoms with E-state index >= 15 is 0 Å². The van der Waals surface area contributed by atoms with Crippen LogP contribution >= 0.6 is 0 Å². The number of nitro groups is 1. The van der Waals surface area contributed by atoms with Crippen LogP contribution in [-0.2, 0) is 0 Å². The van der Waals surface area contributed by atoms with Crippen LogP contribution in [0.4, 0.5) is 11.4 Å². The molecule has 0 saturated heterocycles. The Morgan fingerprint density at radius 2 is 2.00 bits per heavy atom. The number of benzene rings is 1. The summed E-state index contributed by atoms with van der Waals surface area (Å²) in [5.74, 6) is 0.280. The second kappa shape index (κ2) is 7.83. The van der Waals surface area contributed by atoms with Gasteiger partial charge in [0.25, 0.3) is 0 Å². The van der Waals surface area contributed by atoms with Gasteiger partial charge in [0.2, 0.25) is 0 Å². The minimum absolute atomic E-state index is 0.0159. The lowest BCUT2D eigenvalue weighted by Gasteiger charge is -2.29. The maximum atomic E-state index is 11.5. The predicted octanol–water partition coefficient (Wildman–Crippen LogP) is 2.98. The zero-order valence-electron chi connectivity index (χ0n) is 13.1. The van der Waals surface area contributed by atoms with Crippen LogP contribution in [0.3, 0.4) is 0 Å². The fraction of sp³-hybridized carbons (Fsp3) is 0.600. The van der Waals surface area contributed by atoms with Gasteiger partial charge in [-0.15, -0.1) is 0 Å². The number of hydrogen-bond donors (Lipinski definition) is 1. The fourth-order valence-corrected chi connectivity index (χ4v) is 2.17. The maximum Gasteiger partial charge on any atom is 0.333 e. The van der Waals surface area contributed by atoms with Gasteiger partial charge in [-0.25, -0.2) is 0 Å². The smallest absolute Gasteiger partial charge is 0.333 e. The topological polar surface area (TPSA) is 75.8 Å². The number of hydrogen-bond acceptors (Lipinski definition) is 5. The Bertz CT molecular complexity index is 475. The number of nitrogens with zero attached hydrogens (tertiary/aromatic N) is 2. The number of anilines is 1. The van der Waals surface area contributed by atoms with Gasteiger partial charge in [0.15, 0.2) is 5.75 Å². The monoisotopic (exact) mass is 296 g/mol.